The van der Waals surface area contributed by atoms with E-state index in [1.54, 1.807) is 0 Å². The molecule has 3 aromatic carbocycles. The molecule has 0 saturated carbocycles. The number of alkyl halides is 3. The Hall–Kier alpha value is -3.28. The van der Waals surface area contributed by atoms with Crippen LogP contribution in [-0.2, 0) is 34.0 Å². The summed E-state index contributed by atoms with van der Waals surface area (Å²) < 4.78 is 82.1. The molecular weight excluding hydrogens is 582 g/mol. The van der Waals surface area contributed by atoms with Gasteiger partial charge in [-0.3, -0.25) is 9.69 Å². The van der Waals surface area contributed by atoms with Crippen LogP contribution >= 0.6 is 0 Å². The van der Waals surface area contributed by atoms with Crippen LogP contribution in [0.3, 0.4) is 0 Å². The summed E-state index contributed by atoms with van der Waals surface area (Å²) in [6.07, 6.45) is 1.16. The number of fused-ring (bicyclic) bond motifs is 1. The molecule has 0 spiro atoms. The number of sulfonamides is 1. The Morgan fingerprint density at radius 2 is 1.70 bits per heavy atom. The van der Waals surface area contributed by atoms with Gasteiger partial charge in [-0.15, -0.1) is 0 Å². The smallest absolute Gasteiger partial charge is 0.349 e. The van der Waals surface area contributed by atoms with E-state index < -0.39 is 44.4 Å². The van der Waals surface area contributed by atoms with Crippen LogP contribution in [0.4, 0.5) is 17.6 Å². The first-order valence-electron chi connectivity index (χ1n) is 14.6. The minimum atomic E-state index is -4.73. The predicted octanol–water partition coefficient (Wildman–Crippen LogP) is 6.43. The van der Waals surface area contributed by atoms with E-state index in [9.17, 15) is 30.8 Å². The van der Waals surface area contributed by atoms with E-state index in [1.807, 2.05) is 0 Å². The molecule has 0 bridgehead atoms. The average Bonchev–Trinajstić information content (AvgIpc) is 2.97. The lowest BCUT2D eigenvalue weighted by Gasteiger charge is -2.29. The maximum Gasteiger partial charge on any atom is 0.416 e. The normalized spacial score (nSPS) is 18.6. The molecule has 1 fully saturated rings. The van der Waals surface area contributed by atoms with Gasteiger partial charge in [0.05, 0.1) is 22.5 Å². The highest BCUT2D eigenvalue weighted by Gasteiger charge is 2.33. The maximum atomic E-state index is 13.7. The lowest BCUT2D eigenvalue weighted by atomic mass is 9.86. The molecule has 5 rings (SSSR count). The van der Waals surface area contributed by atoms with Gasteiger partial charge in [0, 0.05) is 13.0 Å². The third-order valence-corrected chi connectivity index (χ3v) is 9.61. The van der Waals surface area contributed by atoms with Crippen LogP contribution in [0.1, 0.15) is 78.4 Å². The van der Waals surface area contributed by atoms with Crippen molar-refractivity contribution in [1.29, 1.82) is 0 Å². The average molecular weight is 618 g/mol. The van der Waals surface area contributed by atoms with Crippen LogP contribution in [0, 0.1) is 5.82 Å². The molecule has 1 saturated heterocycles. The summed E-state index contributed by atoms with van der Waals surface area (Å²) in [5.41, 5.74) is 2.66. The van der Waals surface area contributed by atoms with Crippen LogP contribution in [0.15, 0.2) is 71.6 Å². The second kappa shape index (κ2) is 13.2. The molecular formula is C32H35F4N3O3S. The number of piperidine rings is 1. The Kier molecular flexibility index (Phi) is 9.53. The number of halogens is 4. The SMILES string of the molecule is O=C(CC(NS(=O)(=O)c1cccc(C(F)(F)F)c1)c1ccc(F)cc1)N[C@@H]1CCCc2cc(CN3CCCCC3)ccc21. The van der Waals surface area contributed by atoms with Crippen LogP contribution < -0.4 is 10.0 Å². The zero-order chi connectivity index (χ0) is 30.6. The number of benzene rings is 3. The van der Waals surface area contributed by atoms with Gasteiger partial charge in [-0.25, -0.2) is 17.5 Å². The molecule has 1 amide bonds. The van der Waals surface area contributed by atoms with E-state index in [-0.39, 0.29) is 12.5 Å². The van der Waals surface area contributed by atoms with Crippen LogP contribution in [0.2, 0.25) is 0 Å². The number of carbonyl (C=O) groups excluding carboxylic acids is 1. The Bertz CT molecular complexity index is 1540. The molecule has 6 nitrogen and oxygen atoms in total. The molecule has 2 aliphatic rings. The molecule has 2 atom stereocenters. The van der Waals surface area contributed by atoms with Gasteiger partial charge in [0.15, 0.2) is 0 Å². The van der Waals surface area contributed by atoms with Gasteiger partial charge in [0.1, 0.15) is 5.82 Å². The monoisotopic (exact) mass is 617 g/mol. The number of likely N-dealkylation sites (tertiary alicyclic amines) is 1. The first kappa shape index (κ1) is 31.2. The van der Waals surface area contributed by atoms with Crippen LogP contribution in [-0.4, -0.2) is 32.3 Å². The Morgan fingerprint density at radius 1 is 0.953 bits per heavy atom. The number of amides is 1. The number of hydrogen-bond acceptors (Lipinski definition) is 4. The minimum absolute atomic E-state index is 0.255. The molecule has 43 heavy (non-hydrogen) atoms. The van der Waals surface area contributed by atoms with E-state index in [0.717, 1.165) is 74.8 Å². The lowest BCUT2D eigenvalue weighted by molar-refractivity contribution is -0.137. The van der Waals surface area contributed by atoms with Crippen molar-refractivity contribution >= 4 is 15.9 Å². The Balaban J connectivity index is 1.32. The third-order valence-electron chi connectivity index (χ3n) is 8.14. The summed E-state index contributed by atoms with van der Waals surface area (Å²) in [7, 11) is -4.47. The van der Waals surface area contributed by atoms with Crippen molar-refractivity contribution in [3.05, 3.63) is 100 Å². The summed E-state index contributed by atoms with van der Waals surface area (Å²) in [4.78, 5) is 15.2. The molecule has 230 valence electrons. The van der Waals surface area contributed by atoms with E-state index in [2.05, 4.69) is 33.1 Å². The van der Waals surface area contributed by atoms with Gasteiger partial charge in [0.2, 0.25) is 15.9 Å². The number of nitrogens with one attached hydrogen (secondary N) is 2. The van der Waals surface area contributed by atoms with Crippen molar-refractivity contribution < 1.29 is 30.8 Å². The number of carbonyl (C=O) groups is 1. The van der Waals surface area contributed by atoms with E-state index in [1.165, 1.54) is 42.5 Å². The van der Waals surface area contributed by atoms with Gasteiger partial charge < -0.3 is 5.32 Å². The van der Waals surface area contributed by atoms with E-state index in [0.29, 0.717) is 11.6 Å². The van der Waals surface area contributed by atoms with Crippen molar-refractivity contribution in [2.75, 3.05) is 13.1 Å². The molecule has 1 unspecified atom stereocenters. The van der Waals surface area contributed by atoms with Crippen molar-refractivity contribution in [2.24, 2.45) is 0 Å². The quantitative estimate of drug-likeness (QED) is 0.271. The Labute approximate surface area is 249 Å². The molecule has 0 radical (unpaired) electrons. The van der Waals surface area contributed by atoms with E-state index in [4.69, 9.17) is 0 Å². The molecule has 11 heteroatoms. The molecule has 1 aliphatic heterocycles. The molecule has 1 aliphatic carbocycles. The first-order chi connectivity index (χ1) is 20.5. The highest BCUT2D eigenvalue weighted by Crippen LogP contribution is 2.33. The second-order valence-corrected chi connectivity index (χ2v) is 13.1. The number of hydrogen-bond donors (Lipinski definition) is 2. The van der Waals surface area contributed by atoms with Gasteiger partial charge in [0.25, 0.3) is 0 Å². The summed E-state index contributed by atoms with van der Waals surface area (Å²) >= 11 is 0. The van der Waals surface area contributed by atoms with E-state index >= 15 is 0 Å². The van der Waals surface area contributed by atoms with Gasteiger partial charge in [-0.2, -0.15) is 13.2 Å². The summed E-state index contributed by atoms with van der Waals surface area (Å²) in [6, 6.07) is 13.3. The molecule has 3 aromatic rings. The second-order valence-electron chi connectivity index (χ2n) is 11.3. The zero-order valence-corrected chi connectivity index (χ0v) is 24.5. The lowest BCUT2D eigenvalue weighted by Crippen LogP contribution is -2.36. The summed E-state index contributed by atoms with van der Waals surface area (Å²) in [5.74, 6) is -0.984. The fourth-order valence-electron chi connectivity index (χ4n) is 5.95. The van der Waals surface area contributed by atoms with Gasteiger partial charge >= 0.3 is 6.18 Å². The fourth-order valence-corrected chi connectivity index (χ4v) is 7.22. The number of aryl methyl sites for hydroxylation is 1. The van der Waals surface area contributed by atoms with Gasteiger partial charge in [-0.05, 0) is 97.8 Å². The fraction of sp³-hybridized carbons (Fsp3) is 0.406. The molecule has 2 N–H and O–H groups in total. The van der Waals surface area contributed by atoms with Gasteiger partial charge in [-0.1, -0.05) is 42.8 Å². The Morgan fingerprint density at radius 3 is 2.42 bits per heavy atom. The van der Waals surface area contributed by atoms with Crippen molar-refractivity contribution in [3.63, 3.8) is 0 Å². The zero-order valence-electron chi connectivity index (χ0n) is 23.7. The standard InChI is InChI=1S/C32H35F4N3O3S/c33-26-13-11-23(12-14-26)30(38-43(41,42)27-8-5-7-25(19-27)32(34,35)36)20-31(40)37-29-9-4-6-24-18-22(10-15-28(24)29)21-39-16-2-1-3-17-39/h5,7-8,10-15,18-19,29-30,38H,1-4,6,9,16-17,20-21H2,(H,37,40)/t29-,30?/m1/s1. The molecule has 0 aromatic heterocycles. The highest BCUT2D eigenvalue weighted by molar-refractivity contribution is 7.89. The first-order valence-corrected chi connectivity index (χ1v) is 16.0. The topological polar surface area (TPSA) is 78.5 Å². The number of rotatable bonds is 9. The molecule has 1 heterocycles. The predicted molar refractivity (Wildman–Crippen MR) is 155 cm³/mol. The summed E-state index contributed by atoms with van der Waals surface area (Å²) in [6.45, 7) is 3.10. The maximum absolute atomic E-state index is 13.7. The third kappa shape index (κ3) is 8.01. The van der Waals surface area contributed by atoms with Crippen molar-refractivity contribution in [3.8, 4) is 0 Å². The summed E-state index contributed by atoms with van der Waals surface area (Å²) in [5, 5.41) is 3.04. The highest BCUT2D eigenvalue weighted by atomic mass is 32.2. The number of nitrogens with zero attached hydrogens (tertiary/aromatic N) is 1. The van der Waals surface area contributed by atoms with Crippen molar-refractivity contribution in [1.82, 2.24) is 14.9 Å². The van der Waals surface area contributed by atoms with Crippen LogP contribution in [0.5, 0.6) is 0 Å². The van der Waals surface area contributed by atoms with Crippen molar-refractivity contribution in [2.45, 2.75) is 74.6 Å². The largest absolute Gasteiger partial charge is 0.416 e. The minimum Gasteiger partial charge on any atom is -0.349 e. The van der Waals surface area contributed by atoms with Crippen LogP contribution in [0.25, 0.3) is 0 Å².